The first-order valence-corrected chi connectivity index (χ1v) is 9.68. The summed E-state index contributed by atoms with van der Waals surface area (Å²) in [6, 6.07) is 7.53. The van der Waals surface area contributed by atoms with Crippen molar-refractivity contribution in [1.29, 1.82) is 0 Å². The molecule has 0 atom stereocenters. The molecule has 2 N–H and O–H groups in total. The van der Waals surface area contributed by atoms with Gasteiger partial charge in [-0.05, 0) is 18.6 Å². The molecular weight excluding hydrogens is 414 g/mol. The molecule has 3 rings (SSSR count). The lowest BCUT2D eigenvalue weighted by Gasteiger charge is -2.21. The molecule has 1 amide bonds. The predicted molar refractivity (Wildman–Crippen MR) is 104 cm³/mol. The number of hydrogen-bond donors (Lipinski definition) is 2. The molecule has 0 unspecified atom stereocenters. The molecular formula is C20H18BrNO5. The van der Waals surface area contributed by atoms with Crippen LogP contribution in [0.25, 0.3) is 0 Å². The van der Waals surface area contributed by atoms with Crippen LogP contribution in [-0.4, -0.2) is 34.5 Å². The van der Waals surface area contributed by atoms with Crippen LogP contribution in [-0.2, 0) is 4.79 Å². The lowest BCUT2D eigenvalue weighted by Crippen LogP contribution is -2.23. The van der Waals surface area contributed by atoms with Gasteiger partial charge in [0, 0.05) is 22.9 Å². The first-order valence-electron chi connectivity index (χ1n) is 8.56. The van der Waals surface area contributed by atoms with Crippen molar-refractivity contribution in [1.82, 2.24) is 0 Å². The molecule has 1 aliphatic carbocycles. The smallest absolute Gasteiger partial charge is 0.235 e. The Bertz CT molecular complexity index is 938. The Hall–Kier alpha value is -2.67. The molecule has 6 nitrogen and oxygen atoms in total. The Morgan fingerprint density at radius 2 is 1.93 bits per heavy atom. The van der Waals surface area contributed by atoms with Gasteiger partial charge in [-0.2, -0.15) is 0 Å². The van der Waals surface area contributed by atoms with E-state index >= 15 is 0 Å². The summed E-state index contributed by atoms with van der Waals surface area (Å²) in [5.74, 6) is -1.23. The van der Waals surface area contributed by atoms with Crippen LogP contribution in [0.1, 0.15) is 51.6 Å². The highest BCUT2D eigenvalue weighted by Gasteiger charge is 2.35. The summed E-state index contributed by atoms with van der Waals surface area (Å²) in [5.41, 5.74) is 0.623. The SMILES string of the molecule is CCCCOc1cccc2c1C(=O)c1c(O)cc(NC(=O)CBr)cc1C2=O. The monoisotopic (exact) mass is 431 g/mol. The first-order chi connectivity index (χ1) is 13.0. The van der Waals surface area contributed by atoms with Gasteiger partial charge in [0.2, 0.25) is 11.7 Å². The van der Waals surface area contributed by atoms with Gasteiger partial charge < -0.3 is 15.2 Å². The van der Waals surface area contributed by atoms with E-state index < -0.39 is 11.6 Å². The molecule has 140 valence electrons. The summed E-state index contributed by atoms with van der Waals surface area (Å²) in [6.45, 7) is 2.46. The summed E-state index contributed by atoms with van der Waals surface area (Å²) in [4.78, 5) is 37.6. The van der Waals surface area contributed by atoms with Crippen LogP contribution in [0.3, 0.4) is 0 Å². The number of phenols is 1. The van der Waals surface area contributed by atoms with Gasteiger partial charge >= 0.3 is 0 Å². The minimum atomic E-state index is -0.470. The molecule has 2 aromatic carbocycles. The van der Waals surface area contributed by atoms with Crippen molar-refractivity contribution < 1.29 is 24.2 Å². The number of amides is 1. The standard InChI is InChI=1S/C20H18BrNO5/c1-2-3-7-27-15-6-4-5-12-18(15)20(26)17-13(19(12)25)8-11(9-14(17)23)22-16(24)10-21/h4-6,8-9,23H,2-3,7,10H2,1H3,(H,22,24). The number of nitrogens with one attached hydrogen (secondary N) is 1. The number of halogens is 1. The largest absolute Gasteiger partial charge is 0.507 e. The van der Waals surface area contributed by atoms with Gasteiger partial charge in [-0.15, -0.1) is 0 Å². The Morgan fingerprint density at radius 1 is 1.15 bits per heavy atom. The van der Waals surface area contributed by atoms with Gasteiger partial charge in [0.05, 0.1) is 23.1 Å². The summed E-state index contributed by atoms with van der Waals surface area (Å²) in [5, 5.41) is 13.0. The molecule has 0 bridgehead atoms. The van der Waals surface area contributed by atoms with Crippen molar-refractivity contribution in [2.75, 3.05) is 17.3 Å². The second-order valence-electron chi connectivity index (χ2n) is 6.14. The molecule has 1 aliphatic rings. The summed E-state index contributed by atoms with van der Waals surface area (Å²) >= 11 is 3.03. The molecule has 0 saturated heterocycles. The van der Waals surface area contributed by atoms with Crippen LogP contribution in [0, 0.1) is 0 Å². The third-order valence-electron chi connectivity index (χ3n) is 4.25. The number of phenolic OH excluding ortho intramolecular Hbond substituents is 1. The van der Waals surface area contributed by atoms with E-state index in [1.165, 1.54) is 12.1 Å². The predicted octanol–water partition coefficient (Wildman–Crippen LogP) is 3.68. The van der Waals surface area contributed by atoms with E-state index in [1.807, 2.05) is 6.92 Å². The molecule has 7 heteroatoms. The molecule has 0 aliphatic heterocycles. The van der Waals surface area contributed by atoms with Crippen LogP contribution >= 0.6 is 15.9 Å². The van der Waals surface area contributed by atoms with Gasteiger partial charge in [0.15, 0.2) is 5.78 Å². The highest BCUT2D eigenvalue weighted by molar-refractivity contribution is 9.09. The van der Waals surface area contributed by atoms with Crippen LogP contribution < -0.4 is 10.1 Å². The zero-order valence-electron chi connectivity index (χ0n) is 14.7. The van der Waals surface area contributed by atoms with Gasteiger partial charge in [0.25, 0.3) is 0 Å². The van der Waals surface area contributed by atoms with E-state index in [-0.39, 0.29) is 44.9 Å². The van der Waals surface area contributed by atoms with Crippen LogP contribution in [0.5, 0.6) is 11.5 Å². The zero-order chi connectivity index (χ0) is 19.6. The minimum Gasteiger partial charge on any atom is -0.507 e. The first kappa shape index (κ1) is 19.1. The number of benzene rings is 2. The number of ether oxygens (including phenoxy) is 1. The fourth-order valence-electron chi connectivity index (χ4n) is 2.98. The Kier molecular flexibility index (Phi) is 5.60. The molecule has 0 radical (unpaired) electrons. The van der Waals surface area contributed by atoms with Crippen molar-refractivity contribution in [3.63, 3.8) is 0 Å². The average molecular weight is 432 g/mol. The third-order valence-corrected chi connectivity index (χ3v) is 4.76. The van der Waals surface area contributed by atoms with Crippen molar-refractivity contribution in [3.05, 3.63) is 52.6 Å². The maximum absolute atomic E-state index is 13.0. The molecule has 0 fully saturated rings. The van der Waals surface area contributed by atoms with Gasteiger partial charge in [-0.3, -0.25) is 14.4 Å². The summed E-state index contributed by atoms with van der Waals surface area (Å²) < 4.78 is 5.69. The fourth-order valence-corrected chi connectivity index (χ4v) is 3.12. The molecule has 0 spiro atoms. The van der Waals surface area contributed by atoms with Crippen molar-refractivity contribution in [2.24, 2.45) is 0 Å². The summed E-state index contributed by atoms with van der Waals surface area (Å²) in [6.07, 6.45) is 1.76. The third kappa shape index (κ3) is 3.60. The number of carbonyl (C=O) groups excluding carboxylic acids is 3. The molecule has 0 saturated carbocycles. The van der Waals surface area contributed by atoms with Crippen LogP contribution in [0.15, 0.2) is 30.3 Å². The second kappa shape index (κ2) is 7.92. The second-order valence-corrected chi connectivity index (χ2v) is 6.70. The number of unbranched alkanes of at least 4 members (excludes halogenated alkanes) is 1. The van der Waals surface area contributed by atoms with Crippen molar-refractivity contribution in [3.8, 4) is 11.5 Å². The van der Waals surface area contributed by atoms with E-state index in [9.17, 15) is 19.5 Å². The maximum Gasteiger partial charge on any atom is 0.235 e. The van der Waals surface area contributed by atoms with Gasteiger partial charge in [0.1, 0.15) is 11.5 Å². The lowest BCUT2D eigenvalue weighted by molar-refractivity contribution is -0.113. The minimum absolute atomic E-state index is 0.0584. The van der Waals surface area contributed by atoms with E-state index in [4.69, 9.17) is 4.74 Å². The number of ketones is 2. The Balaban J connectivity index is 2.07. The Labute approximate surface area is 164 Å². The molecule has 27 heavy (non-hydrogen) atoms. The van der Waals surface area contributed by atoms with Crippen molar-refractivity contribution in [2.45, 2.75) is 19.8 Å². The van der Waals surface area contributed by atoms with Gasteiger partial charge in [-0.25, -0.2) is 0 Å². The number of hydrogen-bond acceptors (Lipinski definition) is 5. The zero-order valence-corrected chi connectivity index (χ0v) is 16.3. The number of carbonyl (C=O) groups is 3. The molecule has 2 aromatic rings. The fraction of sp³-hybridized carbons (Fsp3) is 0.250. The molecule has 0 heterocycles. The van der Waals surface area contributed by atoms with E-state index in [2.05, 4.69) is 21.2 Å². The van der Waals surface area contributed by atoms with E-state index in [0.717, 1.165) is 12.8 Å². The topological polar surface area (TPSA) is 92.7 Å². The number of aromatic hydroxyl groups is 1. The quantitative estimate of drug-likeness (QED) is 0.458. The summed E-state index contributed by atoms with van der Waals surface area (Å²) in [7, 11) is 0. The number of alkyl halides is 1. The van der Waals surface area contributed by atoms with Crippen molar-refractivity contribution >= 4 is 39.1 Å². The Morgan fingerprint density at radius 3 is 2.63 bits per heavy atom. The highest BCUT2D eigenvalue weighted by Crippen LogP contribution is 2.38. The number of anilines is 1. The van der Waals surface area contributed by atoms with Crippen LogP contribution in [0.4, 0.5) is 5.69 Å². The normalized spacial score (nSPS) is 12.4. The van der Waals surface area contributed by atoms with E-state index in [0.29, 0.717) is 12.4 Å². The maximum atomic E-state index is 13.0. The van der Waals surface area contributed by atoms with E-state index in [1.54, 1.807) is 18.2 Å². The van der Waals surface area contributed by atoms with Gasteiger partial charge in [-0.1, -0.05) is 41.4 Å². The highest BCUT2D eigenvalue weighted by atomic mass is 79.9. The average Bonchev–Trinajstić information content (AvgIpc) is 2.65. The molecule has 0 aromatic heterocycles. The lowest BCUT2D eigenvalue weighted by atomic mass is 9.83. The number of rotatable bonds is 6. The number of fused-ring (bicyclic) bond motifs is 2. The van der Waals surface area contributed by atoms with Crippen LogP contribution in [0.2, 0.25) is 0 Å².